The van der Waals surface area contributed by atoms with E-state index in [-0.39, 0.29) is 18.2 Å². The third-order valence-electron chi connectivity index (χ3n) is 5.55. The minimum Gasteiger partial charge on any atom is -0.497 e. The van der Waals surface area contributed by atoms with Crippen molar-refractivity contribution in [1.29, 1.82) is 0 Å². The van der Waals surface area contributed by atoms with Crippen molar-refractivity contribution in [2.24, 2.45) is 4.99 Å². The average Bonchev–Trinajstić information content (AvgIpc) is 2.89. The van der Waals surface area contributed by atoms with Crippen molar-refractivity contribution in [2.45, 2.75) is 18.1 Å². The van der Waals surface area contributed by atoms with Crippen molar-refractivity contribution < 1.29 is 19.1 Å². The summed E-state index contributed by atoms with van der Waals surface area (Å²) < 4.78 is 10.5. The first-order valence-electron chi connectivity index (χ1n) is 11.2. The molecule has 1 aliphatic rings. The van der Waals surface area contributed by atoms with Gasteiger partial charge >= 0.3 is 0 Å². The Morgan fingerprint density at radius 3 is 2.23 bits per heavy atom. The summed E-state index contributed by atoms with van der Waals surface area (Å²) in [5.41, 5.74) is 2.46. The Morgan fingerprint density at radius 2 is 1.60 bits per heavy atom. The van der Waals surface area contributed by atoms with Gasteiger partial charge < -0.3 is 14.8 Å². The number of carbonyl (C=O) groups is 2. The molecule has 1 unspecified atom stereocenters. The highest BCUT2D eigenvalue weighted by Crippen LogP contribution is 2.30. The van der Waals surface area contributed by atoms with Gasteiger partial charge in [-0.05, 0) is 60.5 Å². The van der Waals surface area contributed by atoms with Crippen LogP contribution in [0.15, 0.2) is 83.9 Å². The largest absolute Gasteiger partial charge is 0.497 e. The van der Waals surface area contributed by atoms with Crippen molar-refractivity contribution in [2.75, 3.05) is 26.1 Å². The summed E-state index contributed by atoms with van der Waals surface area (Å²) in [5, 5.41) is 2.84. The SMILES string of the molecule is COc1ccc(CCN2C(=O)CC(C(=O)Nc3ccccc3)SC2=Nc2ccc(OC)cc2)cc1. The van der Waals surface area contributed by atoms with Crippen molar-refractivity contribution >= 4 is 40.1 Å². The fraction of sp³-hybridized carbons (Fsp3) is 0.222. The molecule has 1 N–H and O–H groups in total. The van der Waals surface area contributed by atoms with E-state index in [1.165, 1.54) is 11.8 Å². The van der Waals surface area contributed by atoms with Gasteiger partial charge in [-0.3, -0.25) is 14.5 Å². The van der Waals surface area contributed by atoms with Gasteiger partial charge in [-0.25, -0.2) is 4.99 Å². The first kappa shape index (κ1) is 24.3. The van der Waals surface area contributed by atoms with Gasteiger partial charge in [0.05, 0.1) is 19.9 Å². The molecular weight excluding hydrogens is 462 g/mol. The van der Waals surface area contributed by atoms with E-state index in [1.54, 1.807) is 19.1 Å². The lowest BCUT2D eigenvalue weighted by Gasteiger charge is -2.32. The highest BCUT2D eigenvalue weighted by atomic mass is 32.2. The molecule has 0 aliphatic carbocycles. The molecule has 1 saturated heterocycles. The Bertz CT molecular complexity index is 1180. The average molecular weight is 490 g/mol. The molecule has 0 bridgehead atoms. The number of rotatable bonds is 8. The zero-order chi connectivity index (χ0) is 24.6. The molecule has 1 heterocycles. The van der Waals surface area contributed by atoms with Crippen LogP contribution in [-0.2, 0) is 16.0 Å². The van der Waals surface area contributed by atoms with Crippen LogP contribution in [0.4, 0.5) is 11.4 Å². The molecule has 4 rings (SSSR count). The molecule has 0 saturated carbocycles. The van der Waals surface area contributed by atoms with Crippen LogP contribution in [-0.4, -0.2) is 47.9 Å². The maximum Gasteiger partial charge on any atom is 0.238 e. The van der Waals surface area contributed by atoms with Gasteiger partial charge in [0.1, 0.15) is 16.7 Å². The number of amidine groups is 1. The fourth-order valence-electron chi connectivity index (χ4n) is 3.61. The number of benzene rings is 3. The van der Waals surface area contributed by atoms with E-state index >= 15 is 0 Å². The first-order chi connectivity index (χ1) is 17.1. The summed E-state index contributed by atoms with van der Waals surface area (Å²) >= 11 is 1.31. The van der Waals surface area contributed by atoms with Gasteiger partial charge in [-0.2, -0.15) is 0 Å². The van der Waals surface area contributed by atoms with Crippen molar-refractivity contribution in [3.8, 4) is 11.5 Å². The quantitative estimate of drug-likeness (QED) is 0.487. The van der Waals surface area contributed by atoms with E-state index in [0.717, 1.165) is 17.1 Å². The normalized spacial score (nSPS) is 16.7. The van der Waals surface area contributed by atoms with E-state index in [9.17, 15) is 9.59 Å². The lowest BCUT2D eigenvalue weighted by atomic mass is 10.1. The number of anilines is 1. The molecule has 1 fully saturated rings. The van der Waals surface area contributed by atoms with E-state index in [4.69, 9.17) is 14.5 Å². The second kappa shape index (κ2) is 11.6. The molecule has 2 amide bonds. The Hall–Kier alpha value is -3.78. The Morgan fingerprint density at radius 1 is 0.971 bits per heavy atom. The van der Waals surface area contributed by atoms with Crippen LogP contribution in [0.3, 0.4) is 0 Å². The number of carbonyl (C=O) groups excluding carboxylic acids is 2. The maximum atomic E-state index is 13.2. The Balaban J connectivity index is 1.54. The van der Waals surface area contributed by atoms with Crippen LogP contribution < -0.4 is 14.8 Å². The van der Waals surface area contributed by atoms with Gasteiger partial charge in [0.15, 0.2) is 5.17 Å². The molecule has 8 heteroatoms. The number of methoxy groups -OCH3 is 2. The molecule has 180 valence electrons. The third-order valence-corrected chi connectivity index (χ3v) is 6.74. The maximum absolute atomic E-state index is 13.2. The van der Waals surface area contributed by atoms with E-state index in [1.807, 2.05) is 78.9 Å². The number of hydrogen-bond donors (Lipinski definition) is 1. The van der Waals surface area contributed by atoms with E-state index in [0.29, 0.717) is 29.5 Å². The van der Waals surface area contributed by atoms with Crippen molar-refractivity contribution in [3.63, 3.8) is 0 Å². The molecule has 0 spiro atoms. The Labute approximate surface area is 209 Å². The molecule has 1 aliphatic heterocycles. The number of aliphatic imine (C=N–C) groups is 1. The molecule has 3 aromatic carbocycles. The van der Waals surface area contributed by atoms with Gasteiger partial charge in [0.25, 0.3) is 0 Å². The lowest BCUT2D eigenvalue weighted by Crippen LogP contribution is -2.46. The number of ether oxygens (including phenoxy) is 2. The number of thioether (sulfide) groups is 1. The minimum absolute atomic E-state index is 0.105. The molecule has 3 aromatic rings. The smallest absolute Gasteiger partial charge is 0.238 e. The number of hydrogen-bond acceptors (Lipinski definition) is 6. The number of amides is 2. The van der Waals surface area contributed by atoms with Crippen LogP contribution in [0, 0.1) is 0 Å². The van der Waals surface area contributed by atoms with E-state index < -0.39 is 5.25 Å². The second-order valence-corrected chi connectivity index (χ2v) is 9.07. The van der Waals surface area contributed by atoms with Crippen LogP contribution >= 0.6 is 11.8 Å². The minimum atomic E-state index is -0.572. The second-order valence-electron chi connectivity index (χ2n) is 7.90. The van der Waals surface area contributed by atoms with Crippen molar-refractivity contribution in [3.05, 3.63) is 84.4 Å². The van der Waals surface area contributed by atoms with Gasteiger partial charge in [-0.1, -0.05) is 42.1 Å². The molecule has 0 radical (unpaired) electrons. The predicted octanol–water partition coefficient (Wildman–Crippen LogP) is 4.91. The van der Waals surface area contributed by atoms with Crippen LogP contribution in [0.1, 0.15) is 12.0 Å². The lowest BCUT2D eigenvalue weighted by molar-refractivity contribution is -0.129. The number of nitrogens with zero attached hydrogens (tertiary/aromatic N) is 2. The van der Waals surface area contributed by atoms with E-state index in [2.05, 4.69) is 5.32 Å². The number of nitrogens with one attached hydrogen (secondary N) is 1. The van der Waals surface area contributed by atoms with Crippen LogP contribution in [0.25, 0.3) is 0 Å². The molecule has 35 heavy (non-hydrogen) atoms. The molecule has 1 atom stereocenters. The standard InChI is InChI=1S/C27H27N3O4S/c1-33-22-12-8-19(9-13-22)16-17-30-25(31)18-24(26(32)28-20-6-4-3-5-7-20)35-27(30)29-21-10-14-23(34-2)15-11-21/h3-15,24H,16-18H2,1-2H3,(H,28,32). The Kier molecular flexibility index (Phi) is 8.05. The third kappa shape index (κ3) is 6.42. The summed E-state index contributed by atoms with van der Waals surface area (Å²) in [4.78, 5) is 32.6. The highest BCUT2D eigenvalue weighted by Gasteiger charge is 2.35. The van der Waals surface area contributed by atoms with Gasteiger partial charge in [0.2, 0.25) is 11.8 Å². The summed E-state index contributed by atoms with van der Waals surface area (Å²) in [5.74, 6) is 1.16. The number of para-hydroxylation sites is 1. The molecule has 7 nitrogen and oxygen atoms in total. The predicted molar refractivity (Wildman–Crippen MR) is 140 cm³/mol. The molecular formula is C27H27N3O4S. The van der Waals surface area contributed by atoms with Gasteiger partial charge in [0, 0.05) is 18.7 Å². The summed E-state index contributed by atoms with van der Waals surface area (Å²) in [7, 11) is 3.23. The first-order valence-corrected chi connectivity index (χ1v) is 12.1. The molecule has 0 aromatic heterocycles. The zero-order valence-electron chi connectivity index (χ0n) is 19.6. The summed E-state index contributed by atoms with van der Waals surface area (Å²) in [6.45, 7) is 0.459. The summed E-state index contributed by atoms with van der Waals surface area (Å²) in [6, 6.07) is 24.3. The fourth-order valence-corrected chi connectivity index (χ4v) is 4.73. The highest BCUT2D eigenvalue weighted by molar-refractivity contribution is 8.15. The summed E-state index contributed by atoms with van der Waals surface area (Å²) in [6.07, 6.45) is 0.756. The topological polar surface area (TPSA) is 80.2 Å². The monoisotopic (exact) mass is 489 g/mol. The van der Waals surface area contributed by atoms with Gasteiger partial charge in [-0.15, -0.1) is 0 Å². The van der Waals surface area contributed by atoms with Crippen molar-refractivity contribution in [1.82, 2.24) is 4.90 Å². The zero-order valence-corrected chi connectivity index (χ0v) is 20.5. The van der Waals surface area contributed by atoms with Crippen LogP contribution in [0.2, 0.25) is 0 Å². The van der Waals surface area contributed by atoms with Crippen LogP contribution in [0.5, 0.6) is 11.5 Å².